The number of methoxy groups -OCH3 is 1. The third-order valence-electron chi connectivity index (χ3n) is 4.52. The fourth-order valence-electron chi connectivity index (χ4n) is 3.07. The van der Waals surface area contributed by atoms with E-state index < -0.39 is 9.84 Å². The average Bonchev–Trinajstić information content (AvgIpc) is 3.41. The molecule has 1 aliphatic heterocycles. The van der Waals surface area contributed by atoms with Crippen molar-refractivity contribution in [2.24, 2.45) is 5.92 Å². The maximum absolute atomic E-state index is 11.5. The molecule has 28 heavy (non-hydrogen) atoms. The monoisotopic (exact) mass is 421 g/mol. The van der Waals surface area contributed by atoms with Crippen LogP contribution in [0.4, 0.5) is 0 Å². The van der Waals surface area contributed by atoms with E-state index in [4.69, 9.17) is 13.7 Å². The van der Waals surface area contributed by atoms with Crippen molar-refractivity contribution < 1.29 is 22.1 Å². The van der Waals surface area contributed by atoms with Crippen LogP contribution in [0.25, 0.3) is 11.3 Å². The molecule has 0 unspecified atom stereocenters. The molecule has 4 rings (SSSR count). The largest absolute Gasteiger partial charge is 0.497 e. The zero-order valence-electron chi connectivity index (χ0n) is 15.2. The summed E-state index contributed by atoms with van der Waals surface area (Å²) in [7, 11) is -1.28. The van der Waals surface area contributed by atoms with Crippen molar-refractivity contribution in [1.29, 1.82) is 0 Å². The van der Waals surface area contributed by atoms with Gasteiger partial charge in [-0.1, -0.05) is 16.9 Å². The number of benzene rings is 1. The van der Waals surface area contributed by atoms with Crippen molar-refractivity contribution >= 4 is 21.6 Å². The second-order valence-corrected chi connectivity index (χ2v) is 9.79. The van der Waals surface area contributed by atoms with E-state index in [-0.39, 0.29) is 17.4 Å². The first-order valence-electron chi connectivity index (χ1n) is 8.76. The summed E-state index contributed by atoms with van der Waals surface area (Å²) in [6, 6.07) is 9.44. The Kier molecular flexibility index (Phi) is 5.40. The zero-order valence-corrected chi connectivity index (χ0v) is 16.8. The Balaban J connectivity index is 1.32. The van der Waals surface area contributed by atoms with E-state index in [0.29, 0.717) is 35.5 Å². The highest BCUT2D eigenvalue weighted by molar-refractivity contribution is 7.98. The van der Waals surface area contributed by atoms with Gasteiger partial charge in [-0.15, -0.1) is 10.2 Å². The summed E-state index contributed by atoms with van der Waals surface area (Å²) in [5.74, 6) is 2.95. The summed E-state index contributed by atoms with van der Waals surface area (Å²) in [5, 5.41) is 12.6. The van der Waals surface area contributed by atoms with Crippen LogP contribution in [0.1, 0.15) is 18.1 Å². The first-order valence-corrected chi connectivity index (χ1v) is 11.6. The van der Waals surface area contributed by atoms with Gasteiger partial charge in [0, 0.05) is 18.1 Å². The number of hydrogen-bond acceptors (Lipinski definition) is 9. The molecule has 1 aliphatic rings. The van der Waals surface area contributed by atoms with Crippen molar-refractivity contribution in [3.8, 4) is 17.0 Å². The van der Waals surface area contributed by atoms with Crippen molar-refractivity contribution in [2.75, 3.05) is 18.6 Å². The molecule has 3 heterocycles. The number of hydrogen-bond donors (Lipinski definition) is 0. The van der Waals surface area contributed by atoms with E-state index >= 15 is 0 Å². The molecule has 0 spiro atoms. The number of nitrogens with zero attached hydrogens (tertiary/aromatic N) is 3. The topological polar surface area (TPSA) is 108 Å². The van der Waals surface area contributed by atoms with Crippen LogP contribution in [0.15, 0.2) is 44.5 Å². The van der Waals surface area contributed by atoms with Crippen LogP contribution in [-0.4, -0.2) is 42.4 Å². The Labute approximate surface area is 166 Å². The molecule has 1 fully saturated rings. The lowest BCUT2D eigenvalue weighted by Gasteiger charge is -2.01. The van der Waals surface area contributed by atoms with Crippen LogP contribution in [0.3, 0.4) is 0 Å². The summed E-state index contributed by atoms with van der Waals surface area (Å²) in [5.41, 5.74) is 1.68. The second kappa shape index (κ2) is 7.96. The standard InChI is InChI=1S/C18H19N3O5S2/c1-24-14-4-2-13(3-5-14)16-9-15(26-21-16)10-27-18-20-19-17(25-18)8-12-6-7-28(22,23)11-12/h2-5,9,12H,6-8,10-11H2,1H3/t12-/m1/s1. The minimum atomic E-state index is -2.90. The SMILES string of the molecule is COc1ccc(-c2cc(CSc3nnc(C[C@H]4CCS(=O)(=O)C4)o3)on2)cc1. The van der Waals surface area contributed by atoms with Gasteiger partial charge < -0.3 is 13.7 Å². The number of rotatable bonds is 7. The maximum atomic E-state index is 11.5. The van der Waals surface area contributed by atoms with Gasteiger partial charge in [0.05, 0.1) is 24.4 Å². The number of ether oxygens (including phenoxy) is 1. The van der Waals surface area contributed by atoms with E-state index in [1.54, 1.807) is 7.11 Å². The lowest BCUT2D eigenvalue weighted by atomic mass is 10.1. The number of thioether (sulfide) groups is 1. The Morgan fingerprint density at radius 3 is 2.79 bits per heavy atom. The molecule has 2 aromatic heterocycles. The van der Waals surface area contributed by atoms with Crippen LogP contribution in [-0.2, 0) is 22.0 Å². The Morgan fingerprint density at radius 1 is 1.25 bits per heavy atom. The zero-order chi connectivity index (χ0) is 19.6. The van der Waals surface area contributed by atoms with E-state index in [1.165, 1.54) is 11.8 Å². The second-order valence-electron chi connectivity index (χ2n) is 6.63. The quantitative estimate of drug-likeness (QED) is 0.532. The highest BCUT2D eigenvalue weighted by Gasteiger charge is 2.29. The molecule has 148 valence electrons. The van der Waals surface area contributed by atoms with Crippen LogP contribution in [0.2, 0.25) is 0 Å². The number of sulfone groups is 1. The molecule has 0 radical (unpaired) electrons. The third-order valence-corrected chi connectivity index (χ3v) is 7.20. The van der Waals surface area contributed by atoms with E-state index in [2.05, 4.69) is 15.4 Å². The minimum Gasteiger partial charge on any atom is -0.497 e. The van der Waals surface area contributed by atoms with Gasteiger partial charge in [-0.05, 0) is 36.6 Å². The van der Waals surface area contributed by atoms with Gasteiger partial charge in [0.15, 0.2) is 9.84 Å². The molecule has 0 bridgehead atoms. The predicted molar refractivity (Wildman–Crippen MR) is 103 cm³/mol. The molecular formula is C18H19N3O5S2. The average molecular weight is 422 g/mol. The Morgan fingerprint density at radius 2 is 2.07 bits per heavy atom. The van der Waals surface area contributed by atoms with Gasteiger partial charge >= 0.3 is 0 Å². The molecule has 3 aromatic rings. The van der Waals surface area contributed by atoms with E-state index in [0.717, 1.165) is 17.0 Å². The van der Waals surface area contributed by atoms with E-state index in [1.807, 2.05) is 30.3 Å². The third kappa shape index (κ3) is 4.56. The van der Waals surface area contributed by atoms with Crippen LogP contribution in [0, 0.1) is 5.92 Å². The van der Waals surface area contributed by atoms with Crippen molar-refractivity contribution in [1.82, 2.24) is 15.4 Å². The van der Waals surface area contributed by atoms with Crippen LogP contribution in [0.5, 0.6) is 5.75 Å². The summed E-state index contributed by atoms with van der Waals surface area (Å²) in [6.07, 6.45) is 1.15. The molecular weight excluding hydrogens is 402 g/mol. The van der Waals surface area contributed by atoms with E-state index in [9.17, 15) is 8.42 Å². The summed E-state index contributed by atoms with van der Waals surface area (Å²) < 4.78 is 39.2. The fraction of sp³-hybridized carbons (Fsp3) is 0.389. The normalized spacial score (nSPS) is 18.4. The van der Waals surface area contributed by atoms with Gasteiger partial charge in [-0.3, -0.25) is 0 Å². The minimum absolute atomic E-state index is 0.0598. The lowest BCUT2D eigenvalue weighted by molar-refractivity contribution is 0.385. The highest BCUT2D eigenvalue weighted by Crippen LogP contribution is 2.27. The van der Waals surface area contributed by atoms with Gasteiger partial charge in [-0.25, -0.2) is 8.42 Å². The molecule has 0 aliphatic carbocycles. The summed E-state index contributed by atoms with van der Waals surface area (Å²) in [4.78, 5) is 0. The molecule has 0 saturated carbocycles. The van der Waals surface area contributed by atoms with Crippen LogP contribution < -0.4 is 4.74 Å². The molecule has 0 N–H and O–H groups in total. The molecule has 1 atom stereocenters. The van der Waals surface area contributed by atoms with Gasteiger partial charge in [0.2, 0.25) is 5.89 Å². The maximum Gasteiger partial charge on any atom is 0.277 e. The Hall–Kier alpha value is -2.33. The summed E-state index contributed by atoms with van der Waals surface area (Å²) in [6.45, 7) is 0. The molecule has 8 nitrogen and oxygen atoms in total. The van der Waals surface area contributed by atoms with Crippen molar-refractivity contribution in [3.63, 3.8) is 0 Å². The first kappa shape index (κ1) is 19.0. The molecule has 0 amide bonds. The van der Waals surface area contributed by atoms with Gasteiger partial charge in [0.25, 0.3) is 5.22 Å². The van der Waals surface area contributed by atoms with Crippen LogP contribution >= 0.6 is 11.8 Å². The number of aromatic nitrogens is 3. The first-order chi connectivity index (χ1) is 13.5. The van der Waals surface area contributed by atoms with Crippen molar-refractivity contribution in [3.05, 3.63) is 42.0 Å². The summed E-state index contributed by atoms with van der Waals surface area (Å²) >= 11 is 1.35. The van der Waals surface area contributed by atoms with Gasteiger partial charge in [0.1, 0.15) is 17.2 Å². The molecule has 1 aromatic carbocycles. The lowest BCUT2D eigenvalue weighted by Crippen LogP contribution is -2.07. The fourth-order valence-corrected chi connectivity index (χ4v) is 5.59. The predicted octanol–water partition coefficient (Wildman–Crippen LogP) is 3.00. The highest BCUT2D eigenvalue weighted by atomic mass is 32.2. The smallest absolute Gasteiger partial charge is 0.277 e. The molecule has 1 saturated heterocycles. The van der Waals surface area contributed by atoms with Gasteiger partial charge in [-0.2, -0.15) is 0 Å². The molecule has 10 heteroatoms. The Bertz CT molecular complexity index is 1040. The van der Waals surface area contributed by atoms with Crippen molar-refractivity contribution in [2.45, 2.75) is 23.8 Å².